The highest BCUT2D eigenvalue weighted by Crippen LogP contribution is 2.29. The number of anilines is 2. The first-order valence-corrected chi connectivity index (χ1v) is 10.2. The van der Waals surface area contributed by atoms with Gasteiger partial charge in [0, 0.05) is 17.0 Å². The Morgan fingerprint density at radius 3 is 2.43 bits per heavy atom. The molecular weight excluding hydrogens is 406 g/mol. The molecule has 3 amide bonds. The van der Waals surface area contributed by atoms with E-state index in [0.717, 1.165) is 4.90 Å². The van der Waals surface area contributed by atoms with E-state index < -0.39 is 23.0 Å². The molecule has 1 unspecified atom stereocenters. The highest BCUT2D eigenvalue weighted by atomic mass is 32.2. The smallest absolute Gasteiger partial charge is 0.303 e. The molecule has 1 atom stereocenters. The van der Waals surface area contributed by atoms with Crippen molar-refractivity contribution in [3.63, 3.8) is 0 Å². The Morgan fingerprint density at radius 1 is 1.03 bits per heavy atom. The molecule has 0 aliphatic heterocycles. The van der Waals surface area contributed by atoms with Crippen LogP contribution in [0.5, 0.6) is 0 Å². The lowest BCUT2D eigenvalue weighted by molar-refractivity contribution is -0.138. The van der Waals surface area contributed by atoms with Crippen molar-refractivity contribution in [2.75, 3.05) is 10.6 Å². The van der Waals surface area contributed by atoms with Gasteiger partial charge in [-0.25, -0.2) is 0 Å². The summed E-state index contributed by atoms with van der Waals surface area (Å²) < 4.78 is 0. The second kappa shape index (κ2) is 11.0. The molecule has 0 bridgehead atoms. The summed E-state index contributed by atoms with van der Waals surface area (Å²) in [4.78, 5) is 47.4. The maximum Gasteiger partial charge on any atom is 0.303 e. The molecule has 2 aromatic rings. The molecule has 0 radical (unpaired) electrons. The molecule has 0 saturated carbocycles. The summed E-state index contributed by atoms with van der Waals surface area (Å²) in [5.74, 6) is -2.33. The molecule has 158 valence electrons. The quantitative estimate of drug-likeness (QED) is 0.428. The Labute approximate surface area is 178 Å². The molecule has 0 saturated heterocycles. The Bertz CT molecular complexity index is 948. The van der Waals surface area contributed by atoms with E-state index in [1.54, 1.807) is 42.5 Å². The average Bonchev–Trinajstić information content (AvgIpc) is 2.71. The third-order valence-electron chi connectivity index (χ3n) is 4.08. The number of thioether (sulfide) groups is 1. The van der Waals surface area contributed by atoms with Crippen LogP contribution in [-0.4, -0.2) is 34.0 Å². The predicted octanol–water partition coefficient (Wildman–Crippen LogP) is 3.10. The van der Waals surface area contributed by atoms with Crippen LogP contribution in [0, 0.1) is 0 Å². The highest BCUT2D eigenvalue weighted by Gasteiger charge is 2.20. The van der Waals surface area contributed by atoms with Gasteiger partial charge in [0.05, 0.1) is 22.9 Å². The third kappa shape index (κ3) is 6.93. The van der Waals surface area contributed by atoms with Crippen LogP contribution >= 0.6 is 11.8 Å². The predicted molar refractivity (Wildman–Crippen MR) is 115 cm³/mol. The maximum atomic E-state index is 12.7. The SMILES string of the molecule is CCC(Sc1cccc(NC(=O)CCC(=O)O)c1)C(=O)Nc1ccccc1C(N)=O. The number of carboxylic acids is 1. The van der Waals surface area contributed by atoms with Crippen LogP contribution in [0.4, 0.5) is 11.4 Å². The standard InChI is InChI=1S/C21H23N3O5S/c1-2-17(21(29)24-16-9-4-3-8-15(16)20(22)28)30-14-7-5-6-13(12-14)23-18(25)10-11-19(26)27/h3-9,12,17H,2,10-11H2,1H3,(H2,22,28)(H,23,25)(H,24,29)(H,26,27). The Hall–Kier alpha value is -3.33. The highest BCUT2D eigenvalue weighted by molar-refractivity contribution is 8.00. The fraction of sp³-hybridized carbons (Fsp3) is 0.238. The van der Waals surface area contributed by atoms with E-state index in [1.807, 2.05) is 13.0 Å². The van der Waals surface area contributed by atoms with Crippen molar-refractivity contribution in [1.29, 1.82) is 0 Å². The summed E-state index contributed by atoms with van der Waals surface area (Å²) >= 11 is 1.32. The summed E-state index contributed by atoms with van der Waals surface area (Å²) in [6.07, 6.45) is 0.168. The minimum atomic E-state index is -1.04. The molecule has 2 aromatic carbocycles. The zero-order valence-electron chi connectivity index (χ0n) is 16.4. The topological polar surface area (TPSA) is 139 Å². The average molecular weight is 429 g/mol. The number of aliphatic carboxylic acids is 1. The van der Waals surface area contributed by atoms with Gasteiger partial charge in [-0.1, -0.05) is 25.1 Å². The summed E-state index contributed by atoms with van der Waals surface area (Å²) in [6, 6.07) is 13.5. The maximum absolute atomic E-state index is 12.7. The number of hydrogen-bond acceptors (Lipinski definition) is 5. The van der Waals surface area contributed by atoms with E-state index in [2.05, 4.69) is 10.6 Å². The van der Waals surface area contributed by atoms with Gasteiger partial charge >= 0.3 is 5.97 Å². The van der Waals surface area contributed by atoms with Gasteiger partial charge in [-0.05, 0) is 36.8 Å². The number of nitrogens with two attached hydrogens (primary N) is 1. The van der Waals surface area contributed by atoms with Gasteiger partial charge in [0.1, 0.15) is 0 Å². The number of rotatable bonds is 10. The summed E-state index contributed by atoms with van der Waals surface area (Å²) in [6.45, 7) is 1.87. The number of amides is 3. The van der Waals surface area contributed by atoms with Crippen molar-refractivity contribution in [2.24, 2.45) is 5.73 Å². The lowest BCUT2D eigenvalue weighted by atomic mass is 10.1. The van der Waals surface area contributed by atoms with Gasteiger partial charge in [0.2, 0.25) is 11.8 Å². The fourth-order valence-corrected chi connectivity index (χ4v) is 3.61. The van der Waals surface area contributed by atoms with Crippen LogP contribution < -0.4 is 16.4 Å². The number of benzene rings is 2. The number of carboxylic acid groups (broad SMARTS) is 1. The second-order valence-electron chi connectivity index (χ2n) is 6.38. The largest absolute Gasteiger partial charge is 0.481 e. The summed E-state index contributed by atoms with van der Waals surface area (Å²) in [7, 11) is 0. The van der Waals surface area contributed by atoms with Crippen LogP contribution in [0.3, 0.4) is 0 Å². The molecule has 30 heavy (non-hydrogen) atoms. The zero-order chi connectivity index (χ0) is 22.1. The first kappa shape index (κ1) is 23.0. The third-order valence-corrected chi connectivity index (χ3v) is 5.43. The number of hydrogen-bond donors (Lipinski definition) is 4. The van der Waals surface area contributed by atoms with Crippen LogP contribution in [-0.2, 0) is 14.4 Å². The molecule has 5 N–H and O–H groups in total. The monoisotopic (exact) mass is 429 g/mol. The summed E-state index contributed by atoms with van der Waals surface area (Å²) in [5.41, 5.74) is 6.46. The van der Waals surface area contributed by atoms with Crippen molar-refractivity contribution in [3.8, 4) is 0 Å². The number of primary amides is 1. The number of nitrogens with one attached hydrogen (secondary N) is 2. The minimum absolute atomic E-state index is 0.119. The molecule has 8 nitrogen and oxygen atoms in total. The lowest BCUT2D eigenvalue weighted by Crippen LogP contribution is -2.26. The van der Waals surface area contributed by atoms with Crippen molar-refractivity contribution in [3.05, 3.63) is 54.1 Å². The molecule has 9 heteroatoms. The Morgan fingerprint density at radius 2 is 1.77 bits per heavy atom. The Balaban J connectivity index is 2.05. The van der Waals surface area contributed by atoms with Crippen LogP contribution in [0.1, 0.15) is 36.5 Å². The van der Waals surface area contributed by atoms with Crippen LogP contribution in [0.2, 0.25) is 0 Å². The van der Waals surface area contributed by atoms with Gasteiger partial charge in [0.25, 0.3) is 5.91 Å². The van der Waals surface area contributed by atoms with Crippen molar-refractivity contribution < 1.29 is 24.3 Å². The molecule has 0 heterocycles. The van der Waals surface area contributed by atoms with Crippen LogP contribution in [0.15, 0.2) is 53.4 Å². The van der Waals surface area contributed by atoms with Gasteiger partial charge < -0.3 is 21.5 Å². The van der Waals surface area contributed by atoms with Gasteiger partial charge in [-0.3, -0.25) is 19.2 Å². The second-order valence-corrected chi connectivity index (χ2v) is 7.66. The van der Waals surface area contributed by atoms with Gasteiger partial charge in [0.15, 0.2) is 0 Å². The van der Waals surface area contributed by atoms with E-state index in [-0.39, 0.29) is 24.3 Å². The van der Waals surface area contributed by atoms with Gasteiger partial charge in [-0.2, -0.15) is 0 Å². The van der Waals surface area contributed by atoms with E-state index in [0.29, 0.717) is 17.8 Å². The number of carbonyl (C=O) groups is 4. The molecular formula is C21H23N3O5S. The van der Waals surface area contributed by atoms with E-state index in [4.69, 9.17) is 10.8 Å². The molecule has 0 aliphatic carbocycles. The van der Waals surface area contributed by atoms with Crippen molar-refractivity contribution in [1.82, 2.24) is 0 Å². The molecule has 2 rings (SSSR count). The van der Waals surface area contributed by atoms with Gasteiger partial charge in [-0.15, -0.1) is 11.8 Å². The number of carbonyl (C=O) groups excluding carboxylic acids is 3. The molecule has 0 aromatic heterocycles. The molecule has 0 spiro atoms. The zero-order valence-corrected chi connectivity index (χ0v) is 17.2. The van der Waals surface area contributed by atoms with E-state index in [9.17, 15) is 19.2 Å². The molecule has 0 fully saturated rings. The van der Waals surface area contributed by atoms with E-state index >= 15 is 0 Å². The lowest BCUT2D eigenvalue weighted by Gasteiger charge is -2.16. The first-order chi connectivity index (χ1) is 14.3. The Kier molecular flexibility index (Phi) is 8.42. The fourth-order valence-electron chi connectivity index (χ4n) is 2.60. The van der Waals surface area contributed by atoms with E-state index in [1.165, 1.54) is 11.8 Å². The normalized spacial score (nSPS) is 11.4. The van der Waals surface area contributed by atoms with Crippen molar-refractivity contribution in [2.45, 2.75) is 36.3 Å². The number of para-hydroxylation sites is 1. The summed E-state index contributed by atoms with van der Waals surface area (Å²) in [5, 5.41) is 13.6. The molecule has 0 aliphatic rings. The van der Waals surface area contributed by atoms with Crippen molar-refractivity contribution >= 4 is 46.8 Å². The first-order valence-electron chi connectivity index (χ1n) is 9.28. The van der Waals surface area contributed by atoms with Crippen LogP contribution in [0.25, 0.3) is 0 Å². The minimum Gasteiger partial charge on any atom is -0.481 e.